The molecule has 0 atom stereocenters. The summed E-state index contributed by atoms with van der Waals surface area (Å²) < 4.78 is 46.1. The van der Waals surface area contributed by atoms with Crippen molar-refractivity contribution in [3.05, 3.63) is 58.8 Å². The van der Waals surface area contributed by atoms with Crippen LogP contribution in [0.15, 0.2) is 57.0 Å². The topological polar surface area (TPSA) is 68.3 Å². The van der Waals surface area contributed by atoms with Gasteiger partial charge in [-0.05, 0) is 37.1 Å². The number of halogens is 3. The number of carbonyl (C=O) groups excluding carboxylic acids is 1. The molecule has 1 aliphatic rings. The number of carbonyl (C=O) groups is 1. The summed E-state index contributed by atoms with van der Waals surface area (Å²) >= 11 is 1.01. The molecule has 1 amide bonds. The maximum Gasteiger partial charge on any atom is 0.406 e. The van der Waals surface area contributed by atoms with Gasteiger partial charge in [-0.2, -0.15) is 13.2 Å². The molecular weight excluding hydrogens is 455 g/mol. The molecule has 1 aromatic carbocycles. The van der Waals surface area contributed by atoms with E-state index >= 15 is 0 Å². The molecule has 0 bridgehead atoms. The Morgan fingerprint density at radius 3 is 2.61 bits per heavy atom. The van der Waals surface area contributed by atoms with Crippen molar-refractivity contribution < 1.29 is 22.4 Å². The minimum Gasteiger partial charge on any atom is -0.467 e. The van der Waals surface area contributed by atoms with Crippen LogP contribution in [0.1, 0.15) is 43.9 Å². The van der Waals surface area contributed by atoms with Gasteiger partial charge in [0.05, 0.1) is 29.5 Å². The second kappa shape index (κ2) is 10.0. The maximum absolute atomic E-state index is 13.3. The first kappa shape index (κ1) is 23.4. The molecule has 33 heavy (non-hydrogen) atoms. The Balaban J connectivity index is 1.60. The van der Waals surface area contributed by atoms with Crippen molar-refractivity contribution in [2.24, 2.45) is 0 Å². The number of alkyl halides is 3. The fourth-order valence-electron chi connectivity index (χ4n) is 4.15. The highest BCUT2D eigenvalue weighted by Gasteiger charge is 2.33. The molecule has 2 heterocycles. The number of fused-ring (bicyclic) bond motifs is 1. The lowest BCUT2D eigenvalue weighted by Crippen LogP contribution is -2.39. The number of rotatable bonds is 7. The SMILES string of the molecule is O=C(CSc1nc2ccccc2c(=O)n1C1CCCCC1)N(Cc1ccco1)CC(F)(F)F. The minimum atomic E-state index is -4.54. The van der Waals surface area contributed by atoms with Crippen LogP contribution in [0.3, 0.4) is 0 Å². The molecule has 10 heteroatoms. The molecule has 0 saturated heterocycles. The number of hydrogen-bond acceptors (Lipinski definition) is 5. The molecule has 1 fully saturated rings. The number of amides is 1. The lowest BCUT2D eigenvalue weighted by atomic mass is 9.95. The van der Waals surface area contributed by atoms with Crippen molar-refractivity contribution in [1.82, 2.24) is 14.5 Å². The molecular formula is C23H24F3N3O3S. The third-order valence-corrected chi connectivity index (χ3v) is 6.63. The first-order valence-corrected chi connectivity index (χ1v) is 11.8. The number of benzene rings is 1. The van der Waals surface area contributed by atoms with Gasteiger partial charge in [0.15, 0.2) is 5.16 Å². The Morgan fingerprint density at radius 1 is 1.15 bits per heavy atom. The van der Waals surface area contributed by atoms with Crippen molar-refractivity contribution in [3.63, 3.8) is 0 Å². The van der Waals surface area contributed by atoms with Gasteiger partial charge in [-0.3, -0.25) is 14.2 Å². The molecule has 176 valence electrons. The summed E-state index contributed by atoms with van der Waals surface area (Å²) in [6.07, 6.45) is 1.57. The third-order valence-electron chi connectivity index (χ3n) is 5.69. The van der Waals surface area contributed by atoms with Crippen LogP contribution in [-0.2, 0) is 11.3 Å². The molecule has 1 saturated carbocycles. The summed E-state index contributed by atoms with van der Waals surface area (Å²) in [5.74, 6) is -0.708. The number of nitrogens with zero attached hydrogens (tertiary/aromatic N) is 3. The number of para-hydroxylation sites is 1. The average Bonchev–Trinajstić information content (AvgIpc) is 3.30. The van der Waals surface area contributed by atoms with E-state index in [0.717, 1.165) is 48.8 Å². The zero-order chi connectivity index (χ0) is 23.4. The second-order valence-electron chi connectivity index (χ2n) is 8.11. The lowest BCUT2D eigenvalue weighted by molar-refractivity contribution is -0.161. The van der Waals surface area contributed by atoms with Crippen molar-refractivity contribution in [2.75, 3.05) is 12.3 Å². The molecule has 0 N–H and O–H groups in total. The van der Waals surface area contributed by atoms with Gasteiger partial charge in [0.1, 0.15) is 12.3 Å². The van der Waals surface area contributed by atoms with Crippen LogP contribution in [0.2, 0.25) is 0 Å². The molecule has 4 rings (SSSR count). The van der Waals surface area contributed by atoms with E-state index in [-0.39, 0.29) is 29.7 Å². The van der Waals surface area contributed by atoms with Crippen LogP contribution in [0.25, 0.3) is 10.9 Å². The molecule has 0 unspecified atom stereocenters. The van der Waals surface area contributed by atoms with Gasteiger partial charge in [-0.25, -0.2) is 4.98 Å². The second-order valence-corrected chi connectivity index (χ2v) is 9.05. The fourth-order valence-corrected chi connectivity index (χ4v) is 5.11. The van der Waals surface area contributed by atoms with E-state index in [0.29, 0.717) is 16.1 Å². The highest BCUT2D eigenvalue weighted by Crippen LogP contribution is 2.31. The summed E-state index contributed by atoms with van der Waals surface area (Å²) in [5, 5.41) is 0.860. The number of furan rings is 1. The van der Waals surface area contributed by atoms with Crippen molar-refractivity contribution in [3.8, 4) is 0 Å². The maximum atomic E-state index is 13.3. The Labute approximate surface area is 192 Å². The van der Waals surface area contributed by atoms with E-state index in [1.165, 1.54) is 12.3 Å². The van der Waals surface area contributed by atoms with Crippen LogP contribution in [0.5, 0.6) is 0 Å². The van der Waals surface area contributed by atoms with Gasteiger partial charge in [0.2, 0.25) is 5.91 Å². The van der Waals surface area contributed by atoms with Gasteiger partial charge < -0.3 is 9.32 Å². The predicted molar refractivity (Wildman–Crippen MR) is 119 cm³/mol. The van der Waals surface area contributed by atoms with E-state index in [1.54, 1.807) is 34.9 Å². The Morgan fingerprint density at radius 2 is 1.91 bits per heavy atom. The number of aromatic nitrogens is 2. The van der Waals surface area contributed by atoms with E-state index in [9.17, 15) is 22.8 Å². The molecule has 3 aromatic rings. The van der Waals surface area contributed by atoms with Crippen LogP contribution in [-0.4, -0.2) is 38.8 Å². The van der Waals surface area contributed by atoms with Gasteiger partial charge in [-0.1, -0.05) is 43.2 Å². The average molecular weight is 480 g/mol. The van der Waals surface area contributed by atoms with Crippen LogP contribution in [0, 0.1) is 0 Å². The highest BCUT2D eigenvalue weighted by atomic mass is 32.2. The number of hydrogen-bond donors (Lipinski definition) is 0. The van der Waals surface area contributed by atoms with E-state index in [1.807, 2.05) is 0 Å². The smallest absolute Gasteiger partial charge is 0.406 e. The first-order valence-electron chi connectivity index (χ1n) is 10.8. The van der Waals surface area contributed by atoms with Gasteiger partial charge >= 0.3 is 6.18 Å². The van der Waals surface area contributed by atoms with Gasteiger partial charge in [-0.15, -0.1) is 0 Å². The van der Waals surface area contributed by atoms with Crippen molar-refractivity contribution in [1.29, 1.82) is 0 Å². The Bertz CT molecular complexity index is 1160. The van der Waals surface area contributed by atoms with E-state index in [2.05, 4.69) is 4.98 Å². The summed E-state index contributed by atoms with van der Waals surface area (Å²) in [4.78, 5) is 31.4. The monoisotopic (exact) mass is 479 g/mol. The van der Waals surface area contributed by atoms with E-state index < -0.39 is 18.6 Å². The quantitative estimate of drug-likeness (QED) is 0.345. The summed E-state index contributed by atoms with van der Waals surface area (Å²) in [7, 11) is 0. The Hall–Kier alpha value is -2.75. The predicted octanol–water partition coefficient (Wildman–Crippen LogP) is 5.18. The minimum absolute atomic E-state index is 0.0321. The Kier molecular flexibility index (Phi) is 7.11. The van der Waals surface area contributed by atoms with Crippen LogP contribution in [0.4, 0.5) is 13.2 Å². The summed E-state index contributed by atoms with van der Waals surface area (Å²) in [5.41, 5.74) is 0.331. The van der Waals surface area contributed by atoms with E-state index in [4.69, 9.17) is 4.42 Å². The summed E-state index contributed by atoms with van der Waals surface area (Å²) in [6, 6.07) is 10.0. The first-order chi connectivity index (χ1) is 15.8. The fraction of sp³-hybridized carbons (Fsp3) is 0.435. The molecule has 2 aromatic heterocycles. The molecule has 1 aliphatic carbocycles. The normalized spacial score (nSPS) is 15.1. The molecule has 6 nitrogen and oxygen atoms in total. The van der Waals surface area contributed by atoms with Gasteiger partial charge in [0.25, 0.3) is 5.56 Å². The van der Waals surface area contributed by atoms with Crippen molar-refractivity contribution >= 4 is 28.6 Å². The van der Waals surface area contributed by atoms with Crippen LogP contribution < -0.4 is 5.56 Å². The molecule has 0 radical (unpaired) electrons. The molecule has 0 spiro atoms. The molecule has 0 aliphatic heterocycles. The van der Waals surface area contributed by atoms with Gasteiger partial charge in [0, 0.05) is 6.04 Å². The highest BCUT2D eigenvalue weighted by molar-refractivity contribution is 7.99. The largest absolute Gasteiger partial charge is 0.467 e. The number of thioether (sulfide) groups is 1. The van der Waals surface area contributed by atoms with Crippen molar-refractivity contribution in [2.45, 2.75) is 56.0 Å². The third kappa shape index (κ3) is 5.79. The van der Waals surface area contributed by atoms with Crippen LogP contribution >= 0.6 is 11.8 Å². The zero-order valence-electron chi connectivity index (χ0n) is 17.9. The standard InChI is InChI=1S/C23H24F3N3O3S/c24-23(25,26)15-28(13-17-9-6-12-32-17)20(30)14-33-22-27-19-11-5-4-10-18(19)21(31)29(22)16-7-2-1-3-8-16/h4-6,9-12,16H,1-3,7-8,13-15H2. The summed E-state index contributed by atoms with van der Waals surface area (Å²) in [6.45, 7) is -1.67. The zero-order valence-corrected chi connectivity index (χ0v) is 18.7. The lowest BCUT2D eigenvalue weighted by Gasteiger charge is -2.27.